The van der Waals surface area contributed by atoms with Crippen molar-refractivity contribution in [1.29, 1.82) is 0 Å². The molecule has 2 nitrogen and oxygen atoms in total. The summed E-state index contributed by atoms with van der Waals surface area (Å²) in [6.07, 6.45) is 9.81. The summed E-state index contributed by atoms with van der Waals surface area (Å²) in [6.45, 7) is 5.75. The van der Waals surface area contributed by atoms with Crippen LogP contribution in [-0.2, 0) is 6.54 Å². The van der Waals surface area contributed by atoms with Crippen LogP contribution in [0.4, 0.5) is 0 Å². The minimum absolute atomic E-state index is 0.382. The molecule has 1 aromatic rings. The third-order valence-corrected chi connectivity index (χ3v) is 6.26. The first-order valence-electron chi connectivity index (χ1n) is 6.01. The molecule has 1 aromatic heterocycles. The van der Waals surface area contributed by atoms with Crippen LogP contribution in [0, 0.1) is 0 Å². The standard InChI is InChI=1S/C12H20N2S2/c1-3-5-12(9-14-7-6-13-10-14)15-8-4-11(2)16-12/h6-7,10-11H,3-5,8-9H2,1-2H3. The van der Waals surface area contributed by atoms with Gasteiger partial charge in [0.25, 0.3) is 0 Å². The third-order valence-electron chi connectivity index (χ3n) is 2.92. The summed E-state index contributed by atoms with van der Waals surface area (Å²) in [5.41, 5.74) is 0. The molecular formula is C12H20N2S2. The summed E-state index contributed by atoms with van der Waals surface area (Å²) in [7, 11) is 0. The van der Waals surface area contributed by atoms with Gasteiger partial charge in [0.05, 0.1) is 10.4 Å². The minimum Gasteiger partial charge on any atom is -0.335 e. The van der Waals surface area contributed by atoms with Crippen molar-refractivity contribution in [3.05, 3.63) is 18.7 Å². The summed E-state index contributed by atoms with van der Waals surface area (Å²) in [5, 5.41) is 0.802. The average Bonchev–Trinajstić information content (AvgIpc) is 2.70. The zero-order chi connectivity index (χ0) is 11.4. The predicted molar refractivity (Wildman–Crippen MR) is 74.0 cm³/mol. The Morgan fingerprint density at radius 2 is 2.44 bits per heavy atom. The van der Waals surface area contributed by atoms with Crippen molar-refractivity contribution in [3.8, 4) is 0 Å². The maximum absolute atomic E-state index is 4.14. The van der Waals surface area contributed by atoms with E-state index in [1.54, 1.807) is 0 Å². The van der Waals surface area contributed by atoms with Crippen molar-refractivity contribution < 1.29 is 0 Å². The highest BCUT2D eigenvalue weighted by atomic mass is 32.2. The Hall–Kier alpha value is -0.0900. The average molecular weight is 256 g/mol. The summed E-state index contributed by atoms with van der Waals surface area (Å²) in [4.78, 5) is 4.14. The van der Waals surface area contributed by atoms with Gasteiger partial charge < -0.3 is 4.57 Å². The summed E-state index contributed by atoms with van der Waals surface area (Å²) < 4.78 is 2.61. The van der Waals surface area contributed by atoms with Gasteiger partial charge in [-0.25, -0.2) is 4.98 Å². The number of imidazole rings is 1. The van der Waals surface area contributed by atoms with Gasteiger partial charge in [-0.05, 0) is 18.6 Å². The van der Waals surface area contributed by atoms with Crippen LogP contribution in [0.25, 0.3) is 0 Å². The van der Waals surface area contributed by atoms with E-state index in [1.807, 2.05) is 12.5 Å². The molecule has 4 heteroatoms. The van der Waals surface area contributed by atoms with E-state index >= 15 is 0 Å². The summed E-state index contributed by atoms with van der Waals surface area (Å²) in [5.74, 6) is 1.31. The smallest absolute Gasteiger partial charge is 0.0946 e. The number of aromatic nitrogens is 2. The van der Waals surface area contributed by atoms with Crippen molar-refractivity contribution in [3.63, 3.8) is 0 Å². The number of nitrogens with zero attached hydrogens (tertiary/aromatic N) is 2. The van der Waals surface area contributed by atoms with E-state index in [-0.39, 0.29) is 0 Å². The second kappa shape index (κ2) is 5.50. The molecule has 1 aliphatic heterocycles. The Labute approximate surface area is 107 Å². The van der Waals surface area contributed by atoms with E-state index in [1.165, 1.54) is 25.0 Å². The Morgan fingerprint density at radius 3 is 3.06 bits per heavy atom. The van der Waals surface area contributed by atoms with Gasteiger partial charge in [0, 0.05) is 24.2 Å². The van der Waals surface area contributed by atoms with Gasteiger partial charge in [0.1, 0.15) is 0 Å². The van der Waals surface area contributed by atoms with Gasteiger partial charge in [0.15, 0.2) is 0 Å². The molecule has 0 aromatic carbocycles. The predicted octanol–water partition coefficient (Wildman–Crippen LogP) is 3.64. The lowest BCUT2D eigenvalue weighted by atomic mass is 10.2. The van der Waals surface area contributed by atoms with Crippen LogP contribution in [0.5, 0.6) is 0 Å². The molecular weight excluding hydrogens is 236 g/mol. The van der Waals surface area contributed by atoms with Crippen LogP contribution >= 0.6 is 23.5 Å². The van der Waals surface area contributed by atoms with Gasteiger partial charge >= 0.3 is 0 Å². The lowest BCUT2D eigenvalue weighted by Crippen LogP contribution is -2.32. The molecule has 1 saturated heterocycles. The van der Waals surface area contributed by atoms with E-state index in [0.717, 1.165) is 11.8 Å². The van der Waals surface area contributed by atoms with E-state index in [0.29, 0.717) is 4.08 Å². The van der Waals surface area contributed by atoms with Crippen LogP contribution in [0.1, 0.15) is 33.1 Å². The molecule has 0 amide bonds. The van der Waals surface area contributed by atoms with Crippen molar-refractivity contribution in [1.82, 2.24) is 9.55 Å². The Kier molecular flexibility index (Phi) is 4.25. The Balaban J connectivity index is 2.08. The molecule has 0 aliphatic carbocycles. The highest BCUT2D eigenvalue weighted by molar-refractivity contribution is 8.19. The SMILES string of the molecule is CCCC1(Cn2ccnc2)SCCC(C)S1. The van der Waals surface area contributed by atoms with Crippen LogP contribution < -0.4 is 0 Å². The number of hydrogen-bond acceptors (Lipinski definition) is 3. The van der Waals surface area contributed by atoms with E-state index in [9.17, 15) is 0 Å². The molecule has 0 saturated carbocycles. The van der Waals surface area contributed by atoms with Crippen LogP contribution in [-0.4, -0.2) is 24.6 Å². The van der Waals surface area contributed by atoms with Crippen molar-refractivity contribution >= 4 is 23.5 Å². The molecule has 0 bridgehead atoms. The Bertz CT molecular complexity index is 309. The van der Waals surface area contributed by atoms with Crippen molar-refractivity contribution in [2.45, 2.75) is 49.0 Å². The number of hydrogen-bond donors (Lipinski definition) is 0. The van der Waals surface area contributed by atoms with Gasteiger partial charge in [-0.15, -0.1) is 23.5 Å². The second-order valence-corrected chi connectivity index (χ2v) is 8.02. The molecule has 90 valence electrons. The topological polar surface area (TPSA) is 17.8 Å². The molecule has 1 aliphatic rings. The zero-order valence-electron chi connectivity index (χ0n) is 10.1. The summed E-state index contributed by atoms with van der Waals surface area (Å²) >= 11 is 4.32. The van der Waals surface area contributed by atoms with Gasteiger partial charge in [0.2, 0.25) is 0 Å². The molecule has 1 fully saturated rings. The summed E-state index contributed by atoms with van der Waals surface area (Å²) in [6, 6.07) is 0. The highest BCUT2D eigenvalue weighted by Crippen LogP contribution is 2.49. The monoisotopic (exact) mass is 256 g/mol. The van der Waals surface area contributed by atoms with Crippen LogP contribution in [0.3, 0.4) is 0 Å². The van der Waals surface area contributed by atoms with E-state index in [2.05, 4.69) is 53.1 Å². The molecule has 0 radical (unpaired) electrons. The highest BCUT2D eigenvalue weighted by Gasteiger charge is 2.35. The van der Waals surface area contributed by atoms with Crippen molar-refractivity contribution in [2.24, 2.45) is 0 Å². The molecule has 0 N–H and O–H groups in total. The molecule has 2 rings (SSSR count). The first-order valence-corrected chi connectivity index (χ1v) is 7.88. The number of thioether (sulfide) groups is 2. The molecule has 2 heterocycles. The van der Waals surface area contributed by atoms with Gasteiger partial charge in [-0.1, -0.05) is 20.3 Å². The normalized spacial score (nSPS) is 30.5. The second-order valence-electron chi connectivity index (χ2n) is 4.46. The quantitative estimate of drug-likeness (QED) is 0.819. The van der Waals surface area contributed by atoms with E-state index in [4.69, 9.17) is 0 Å². The maximum atomic E-state index is 4.14. The first kappa shape index (κ1) is 12.4. The van der Waals surface area contributed by atoms with Gasteiger partial charge in [-0.2, -0.15) is 0 Å². The molecule has 16 heavy (non-hydrogen) atoms. The van der Waals surface area contributed by atoms with Crippen LogP contribution in [0.2, 0.25) is 0 Å². The van der Waals surface area contributed by atoms with Crippen LogP contribution in [0.15, 0.2) is 18.7 Å². The van der Waals surface area contributed by atoms with Crippen molar-refractivity contribution in [2.75, 3.05) is 5.75 Å². The number of rotatable bonds is 4. The third kappa shape index (κ3) is 2.98. The Morgan fingerprint density at radius 1 is 1.56 bits per heavy atom. The fourth-order valence-corrected chi connectivity index (χ4v) is 6.31. The minimum atomic E-state index is 0.382. The molecule has 2 unspecified atom stereocenters. The molecule has 2 atom stereocenters. The van der Waals surface area contributed by atoms with Gasteiger partial charge in [-0.3, -0.25) is 0 Å². The lowest BCUT2D eigenvalue weighted by molar-refractivity contribution is 0.575. The van der Waals surface area contributed by atoms with E-state index < -0.39 is 0 Å². The fourth-order valence-electron chi connectivity index (χ4n) is 2.20. The largest absolute Gasteiger partial charge is 0.335 e. The zero-order valence-corrected chi connectivity index (χ0v) is 11.7. The maximum Gasteiger partial charge on any atom is 0.0946 e. The lowest BCUT2D eigenvalue weighted by Gasteiger charge is -2.39. The molecule has 0 spiro atoms. The first-order chi connectivity index (χ1) is 7.74. The fraction of sp³-hybridized carbons (Fsp3) is 0.750.